The number of nitrogens with one attached hydrogen (secondary N) is 2. The summed E-state index contributed by atoms with van der Waals surface area (Å²) in [5.41, 5.74) is 2.19. The van der Waals surface area contributed by atoms with Crippen LogP contribution in [0.25, 0.3) is 0 Å². The number of rotatable bonds is 3. The molecule has 0 aliphatic rings. The first-order chi connectivity index (χ1) is 9.38. The zero-order chi connectivity index (χ0) is 14.9. The van der Waals surface area contributed by atoms with Crippen molar-refractivity contribution in [2.24, 2.45) is 0 Å². The van der Waals surface area contributed by atoms with E-state index >= 15 is 0 Å². The van der Waals surface area contributed by atoms with Gasteiger partial charge in [0.15, 0.2) is 0 Å². The van der Waals surface area contributed by atoms with E-state index in [-0.39, 0.29) is 17.2 Å². The van der Waals surface area contributed by atoms with Gasteiger partial charge in [0.2, 0.25) is 5.95 Å². The van der Waals surface area contributed by atoms with Gasteiger partial charge in [0.1, 0.15) is 0 Å². The van der Waals surface area contributed by atoms with Crippen LogP contribution in [0.5, 0.6) is 0 Å². The molecule has 0 saturated carbocycles. The predicted octanol–water partition coefficient (Wildman–Crippen LogP) is 2.35. The Morgan fingerprint density at radius 2 is 1.95 bits per heavy atom. The summed E-state index contributed by atoms with van der Waals surface area (Å²) in [6, 6.07) is 3.18. The van der Waals surface area contributed by atoms with Gasteiger partial charge in [-0.05, 0) is 32.4 Å². The largest absolute Gasteiger partial charge is 0.325 e. The Morgan fingerprint density at radius 1 is 1.25 bits per heavy atom. The molecule has 0 saturated heterocycles. The van der Waals surface area contributed by atoms with Crippen LogP contribution in [-0.4, -0.2) is 14.9 Å². The van der Waals surface area contributed by atoms with E-state index in [0.29, 0.717) is 16.8 Å². The van der Waals surface area contributed by atoms with Gasteiger partial charge in [-0.15, -0.1) is 0 Å². The fraction of sp³-hybridized carbons (Fsp3) is 0.231. The van der Waals surface area contributed by atoms with E-state index in [1.165, 1.54) is 12.3 Å². The van der Waals surface area contributed by atoms with Crippen LogP contribution in [-0.2, 0) is 0 Å². The van der Waals surface area contributed by atoms with Gasteiger partial charge in [0.05, 0.1) is 4.92 Å². The maximum Gasteiger partial charge on any atom is 0.274 e. The van der Waals surface area contributed by atoms with Gasteiger partial charge in [-0.25, -0.2) is 4.98 Å². The Hall–Kier alpha value is -2.70. The SMILES string of the molecule is Cc1cc(Nc2ncc(C)c(=O)[nH]2)cc([N+](=O)[O-])c1C. The van der Waals surface area contributed by atoms with E-state index in [0.717, 1.165) is 5.56 Å². The maximum absolute atomic E-state index is 11.5. The van der Waals surface area contributed by atoms with Crippen molar-refractivity contribution in [2.75, 3.05) is 5.32 Å². The molecule has 0 amide bonds. The molecule has 0 radical (unpaired) electrons. The average molecular weight is 274 g/mol. The van der Waals surface area contributed by atoms with Crippen molar-refractivity contribution in [1.82, 2.24) is 9.97 Å². The molecule has 104 valence electrons. The van der Waals surface area contributed by atoms with Gasteiger partial charge >= 0.3 is 0 Å². The fourth-order valence-corrected chi connectivity index (χ4v) is 1.76. The maximum atomic E-state index is 11.5. The van der Waals surface area contributed by atoms with Crippen LogP contribution in [0.4, 0.5) is 17.3 Å². The summed E-state index contributed by atoms with van der Waals surface area (Å²) in [7, 11) is 0. The molecule has 0 spiro atoms. The lowest BCUT2D eigenvalue weighted by molar-refractivity contribution is -0.385. The fourth-order valence-electron chi connectivity index (χ4n) is 1.76. The minimum Gasteiger partial charge on any atom is -0.325 e. The standard InChI is InChI=1S/C13H14N4O3/c1-7-4-10(5-11(9(7)3)17(19)20)15-13-14-6-8(2)12(18)16-13/h4-6H,1-3H3,(H2,14,15,16,18). The summed E-state index contributed by atoms with van der Waals surface area (Å²) in [6.45, 7) is 5.14. The lowest BCUT2D eigenvalue weighted by Crippen LogP contribution is -2.12. The molecule has 0 atom stereocenters. The van der Waals surface area contributed by atoms with Crippen LogP contribution in [0.15, 0.2) is 23.1 Å². The normalized spacial score (nSPS) is 10.3. The topological polar surface area (TPSA) is 101 Å². The van der Waals surface area contributed by atoms with Gasteiger partial charge in [-0.3, -0.25) is 19.9 Å². The number of nitro groups is 1. The third-order valence-corrected chi connectivity index (χ3v) is 3.08. The lowest BCUT2D eigenvalue weighted by atomic mass is 10.1. The van der Waals surface area contributed by atoms with Crippen molar-refractivity contribution < 1.29 is 4.92 Å². The molecule has 1 aromatic heterocycles. The summed E-state index contributed by atoms with van der Waals surface area (Å²) in [6.07, 6.45) is 1.44. The number of benzene rings is 1. The number of aromatic amines is 1. The Bertz CT molecular complexity index is 737. The van der Waals surface area contributed by atoms with E-state index in [9.17, 15) is 14.9 Å². The van der Waals surface area contributed by atoms with Crippen LogP contribution in [0.2, 0.25) is 0 Å². The third-order valence-electron chi connectivity index (χ3n) is 3.08. The highest BCUT2D eigenvalue weighted by Gasteiger charge is 2.14. The summed E-state index contributed by atoms with van der Waals surface area (Å²) in [5, 5.41) is 13.8. The Kier molecular flexibility index (Phi) is 3.51. The van der Waals surface area contributed by atoms with Crippen molar-refractivity contribution in [3.05, 3.63) is 55.5 Å². The molecular weight excluding hydrogens is 260 g/mol. The van der Waals surface area contributed by atoms with E-state index in [4.69, 9.17) is 0 Å². The van der Waals surface area contributed by atoms with Crippen LogP contribution < -0.4 is 10.9 Å². The minimum atomic E-state index is -0.432. The van der Waals surface area contributed by atoms with Crippen molar-refractivity contribution >= 4 is 17.3 Å². The molecular formula is C13H14N4O3. The Balaban J connectivity index is 2.41. The molecule has 0 aliphatic heterocycles. The van der Waals surface area contributed by atoms with Crippen molar-refractivity contribution in [3.8, 4) is 0 Å². The number of nitro benzene ring substituents is 1. The molecule has 0 bridgehead atoms. The Labute approximate surface area is 114 Å². The van der Waals surface area contributed by atoms with Crippen LogP contribution in [0, 0.1) is 30.9 Å². The number of H-pyrrole nitrogens is 1. The molecule has 0 unspecified atom stereocenters. The highest BCUT2D eigenvalue weighted by molar-refractivity contribution is 5.62. The van der Waals surface area contributed by atoms with Crippen LogP contribution in [0.1, 0.15) is 16.7 Å². The third kappa shape index (κ3) is 2.66. The van der Waals surface area contributed by atoms with Gasteiger partial charge in [0, 0.05) is 29.1 Å². The lowest BCUT2D eigenvalue weighted by Gasteiger charge is -2.08. The van der Waals surface area contributed by atoms with Gasteiger partial charge in [-0.1, -0.05) is 0 Å². The predicted molar refractivity (Wildman–Crippen MR) is 75.4 cm³/mol. The molecule has 1 aromatic carbocycles. The second kappa shape index (κ2) is 5.12. The van der Waals surface area contributed by atoms with E-state index in [2.05, 4.69) is 15.3 Å². The summed E-state index contributed by atoms with van der Waals surface area (Å²) < 4.78 is 0. The second-order valence-electron chi connectivity index (χ2n) is 4.56. The molecule has 0 aliphatic carbocycles. The number of nitrogens with zero attached hydrogens (tertiary/aromatic N) is 2. The first kappa shape index (κ1) is 13.7. The molecule has 1 heterocycles. The van der Waals surface area contributed by atoms with Crippen LogP contribution in [0.3, 0.4) is 0 Å². The molecule has 7 nitrogen and oxygen atoms in total. The number of hydrogen-bond donors (Lipinski definition) is 2. The summed E-state index contributed by atoms with van der Waals surface area (Å²) >= 11 is 0. The zero-order valence-electron chi connectivity index (χ0n) is 11.4. The number of hydrogen-bond acceptors (Lipinski definition) is 5. The second-order valence-corrected chi connectivity index (χ2v) is 4.56. The number of anilines is 2. The quantitative estimate of drug-likeness (QED) is 0.660. The molecule has 2 N–H and O–H groups in total. The summed E-state index contributed by atoms with van der Waals surface area (Å²) in [5.74, 6) is 0.248. The van der Waals surface area contributed by atoms with Crippen LogP contribution >= 0.6 is 0 Å². The smallest absolute Gasteiger partial charge is 0.274 e. The van der Waals surface area contributed by atoms with Crippen molar-refractivity contribution in [2.45, 2.75) is 20.8 Å². The first-order valence-corrected chi connectivity index (χ1v) is 5.97. The zero-order valence-corrected chi connectivity index (χ0v) is 11.4. The number of aryl methyl sites for hydroxylation is 2. The molecule has 0 fully saturated rings. The first-order valence-electron chi connectivity index (χ1n) is 5.97. The van der Waals surface area contributed by atoms with Gasteiger partial charge in [0.25, 0.3) is 11.2 Å². The van der Waals surface area contributed by atoms with E-state index in [1.807, 2.05) is 0 Å². The molecule has 7 heteroatoms. The highest BCUT2D eigenvalue weighted by atomic mass is 16.6. The number of aromatic nitrogens is 2. The van der Waals surface area contributed by atoms with Crippen molar-refractivity contribution in [1.29, 1.82) is 0 Å². The molecule has 2 rings (SSSR count). The minimum absolute atomic E-state index is 0.0296. The van der Waals surface area contributed by atoms with E-state index in [1.54, 1.807) is 26.8 Å². The van der Waals surface area contributed by atoms with Crippen molar-refractivity contribution in [3.63, 3.8) is 0 Å². The van der Waals surface area contributed by atoms with Gasteiger partial charge < -0.3 is 5.32 Å². The van der Waals surface area contributed by atoms with Gasteiger partial charge in [-0.2, -0.15) is 0 Å². The van der Waals surface area contributed by atoms with E-state index < -0.39 is 4.92 Å². The highest BCUT2D eigenvalue weighted by Crippen LogP contribution is 2.27. The molecule has 2 aromatic rings. The monoisotopic (exact) mass is 274 g/mol. The summed E-state index contributed by atoms with van der Waals surface area (Å²) in [4.78, 5) is 28.6. The Morgan fingerprint density at radius 3 is 2.55 bits per heavy atom. The average Bonchev–Trinajstić information content (AvgIpc) is 2.37. The molecule has 20 heavy (non-hydrogen) atoms.